The third-order valence-electron chi connectivity index (χ3n) is 4.34. The zero-order valence-electron chi connectivity index (χ0n) is 10.6. The SMILES string of the molecule is CCC1(CC)CN=C(NCC2CCC2)SC1. The molecule has 16 heavy (non-hydrogen) atoms. The van der Waals surface area contributed by atoms with Gasteiger partial charge in [0.2, 0.25) is 0 Å². The molecule has 0 amide bonds. The molecular formula is C13H24N2S. The van der Waals surface area contributed by atoms with Crippen LogP contribution in [0.25, 0.3) is 0 Å². The van der Waals surface area contributed by atoms with Gasteiger partial charge in [0, 0.05) is 18.8 Å². The maximum absolute atomic E-state index is 4.72. The van der Waals surface area contributed by atoms with Crippen molar-refractivity contribution in [2.24, 2.45) is 16.3 Å². The van der Waals surface area contributed by atoms with E-state index in [2.05, 4.69) is 19.2 Å². The average Bonchev–Trinajstić information content (AvgIpc) is 2.28. The molecule has 0 saturated heterocycles. The molecule has 1 aliphatic carbocycles. The summed E-state index contributed by atoms with van der Waals surface area (Å²) in [6.07, 6.45) is 6.78. The largest absolute Gasteiger partial charge is 0.365 e. The van der Waals surface area contributed by atoms with Crippen LogP contribution in [-0.4, -0.2) is 24.0 Å². The Morgan fingerprint density at radius 3 is 2.56 bits per heavy atom. The second-order valence-corrected chi connectivity index (χ2v) is 6.26. The van der Waals surface area contributed by atoms with Crippen LogP contribution in [0.15, 0.2) is 4.99 Å². The van der Waals surface area contributed by atoms with Crippen molar-refractivity contribution in [3.8, 4) is 0 Å². The molecule has 1 heterocycles. The Balaban J connectivity index is 1.78. The molecule has 0 aromatic carbocycles. The van der Waals surface area contributed by atoms with E-state index in [1.165, 1.54) is 43.0 Å². The summed E-state index contributed by atoms with van der Waals surface area (Å²) >= 11 is 1.93. The number of hydrogen-bond donors (Lipinski definition) is 1. The minimum absolute atomic E-state index is 0.478. The monoisotopic (exact) mass is 240 g/mol. The summed E-state index contributed by atoms with van der Waals surface area (Å²) in [4.78, 5) is 4.72. The molecule has 0 aromatic rings. The molecule has 2 nitrogen and oxygen atoms in total. The maximum Gasteiger partial charge on any atom is 0.156 e. The van der Waals surface area contributed by atoms with Crippen LogP contribution in [0.4, 0.5) is 0 Å². The van der Waals surface area contributed by atoms with Crippen LogP contribution in [0.1, 0.15) is 46.0 Å². The van der Waals surface area contributed by atoms with Crippen LogP contribution in [0.3, 0.4) is 0 Å². The molecule has 1 N–H and O–H groups in total. The average molecular weight is 240 g/mol. The van der Waals surface area contributed by atoms with E-state index >= 15 is 0 Å². The van der Waals surface area contributed by atoms with Gasteiger partial charge in [-0.2, -0.15) is 0 Å². The molecular weight excluding hydrogens is 216 g/mol. The molecule has 2 aliphatic rings. The summed E-state index contributed by atoms with van der Waals surface area (Å²) in [6.45, 7) is 6.77. The van der Waals surface area contributed by atoms with Gasteiger partial charge in [-0.05, 0) is 37.0 Å². The van der Waals surface area contributed by atoms with Gasteiger partial charge >= 0.3 is 0 Å². The van der Waals surface area contributed by atoms with Crippen molar-refractivity contribution >= 4 is 16.9 Å². The fourth-order valence-corrected chi connectivity index (χ4v) is 3.55. The molecule has 3 heteroatoms. The van der Waals surface area contributed by atoms with Gasteiger partial charge in [0.05, 0.1) is 0 Å². The number of rotatable bonds is 4. The highest BCUT2D eigenvalue weighted by atomic mass is 32.2. The first-order valence-electron chi connectivity index (χ1n) is 6.69. The standard InChI is InChI=1S/C13H24N2S/c1-3-13(4-2)9-15-12(16-10-13)14-8-11-6-5-7-11/h11H,3-10H2,1-2H3,(H,14,15). The van der Waals surface area contributed by atoms with Crippen molar-refractivity contribution in [1.82, 2.24) is 5.32 Å². The molecule has 2 rings (SSSR count). The number of amidine groups is 1. The van der Waals surface area contributed by atoms with E-state index in [0.29, 0.717) is 5.41 Å². The fraction of sp³-hybridized carbons (Fsp3) is 0.923. The zero-order valence-corrected chi connectivity index (χ0v) is 11.4. The van der Waals surface area contributed by atoms with Gasteiger partial charge in [-0.1, -0.05) is 32.0 Å². The van der Waals surface area contributed by atoms with E-state index in [1.807, 2.05) is 11.8 Å². The minimum Gasteiger partial charge on any atom is -0.365 e. The lowest BCUT2D eigenvalue weighted by Crippen LogP contribution is -2.37. The van der Waals surface area contributed by atoms with Gasteiger partial charge < -0.3 is 5.32 Å². The Kier molecular flexibility index (Phi) is 4.17. The van der Waals surface area contributed by atoms with Crippen LogP contribution in [0.2, 0.25) is 0 Å². The van der Waals surface area contributed by atoms with Crippen LogP contribution in [0, 0.1) is 11.3 Å². The third kappa shape index (κ3) is 2.73. The smallest absolute Gasteiger partial charge is 0.156 e. The van der Waals surface area contributed by atoms with Gasteiger partial charge in [0.15, 0.2) is 5.17 Å². The molecule has 1 saturated carbocycles. The van der Waals surface area contributed by atoms with E-state index in [1.54, 1.807) is 0 Å². The lowest BCUT2D eigenvalue weighted by molar-refractivity contribution is 0.310. The van der Waals surface area contributed by atoms with Gasteiger partial charge in [-0.3, -0.25) is 4.99 Å². The molecule has 0 radical (unpaired) electrons. The van der Waals surface area contributed by atoms with Crippen LogP contribution in [-0.2, 0) is 0 Å². The third-order valence-corrected chi connectivity index (χ3v) is 5.64. The first-order valence-corrected chi connectivity index (χ1v) is 7.67. The topological polar surface area (TPSA) is 24.4 Å². The molecule has 0 aromatic heterocycles. The van der Waals surface area contributed by atoms with Gasteiger partial charge in [-0.15, -0.1) is 0 Å². The van der Waals surface area contributed by atoms with E-state index in [4.69, 9.17) is 4.99 Å². The second-order valence-electron chi connectivity index (χ2n) is 5.29. The van der Waals surface area contributed by atoms with Crippen molar-refractivity contribution in [1.29, 1.82) is 0 Å². The number of aliphatic imine (C=N–C) groups is 1. The minimum atomic E-state index is 0.478. The number of nitrogens with one attached hydrogen (secondary N) is 1. The first-order chi connectivity index (χ1) is 7.78. The normalized spacial score (nSPS) is 24.8. The summed E-state index contributed by atoms with van der Waals surface area (Å²) in [6, 6.07) is 0. The summed E-state index contributed by atoms with van der Waals surface area (Å²) in [5.74, 6) is 2.17. The highest BCUT2D eigenvalue weighted by Gasteiger charge is 2.30. The van der Waals surface area contributed by atoms with Crippen LogP contribution in [0.5, 0.6) is 0 Å². The Bertz CT molecular complexity index is 255. The number of thioether (sulfide) groups is 1. The molecule has 0 atom stereocenters. The Labute approximate surface area is 104 Å². The van der Waals surface area contributed by atoms with Crippen LogP contribution < -0.4 is 5.32 Å². The lowest BCUT2D eigenvalue weighted by atomic mass is 9.84. The maximum atomic E-state index is 4.72. The fourth-order valence-electron chi connectivity index (χ4n) is 2.27. The predicted octanol–water partition coefficient (Wildman–Crippen LogP) is 3.29. The predicted molar refractivity (Wildman–Crippen MR) is 73.1 cm³/mol. The number of nitrogens with zero attached hydrogens (tertiary/aromatic N) is 1. The molecule has 0 unspecified atom stereocenters. The zero-order chi connectivity index (χ0) is 11.4. The molecule has 92 valence electrons. The molecule has 0 spiro atoms. The van der Waals surface area contributed by atoms with Crippen LogP contribution >= 0.6 is 11.8 Å². The summed E-state index contributed by atoms with van der Waals surface area (Å²) in [5.41, 5.74) is 0.478. The van der Waals surface area contributed by atoms with Crippen molar-refractivity contribution in [2.45, 2.75) is 46.0 Å². The summed E-state index contributed by atoms with van der Waals surface area (Å²) in [7, 11) is 0. The second kappa shape index (κ2) is 5.44. The van der Waals surface area contributed by atoms with E-state index in [9.17, 15) is 0 Å². The highest BCUT2D eigenvalue weighted by molar-refractivity contribution is 8.13. The van der Waals surface area contributed by atoms with Crippen molar-refractivity contribution in [2.75, 3.05) is 18.8 Å². The Morgan fingerprint density at radius 2 is 2.12 bits per heavy atom. The van der Waals surface area contributed by atoms with Gasteiger partial charge in [0.25, 0.3) is 0 Å². The Hall–Kier alpha value is -0.180. The van der Waals surface area contributed by atoms with Gasteiger partial charge in [-0.25, -0.2) is 0 Å². The number of hydrogen-bond acceptors (Lipinski definition) is 3. The summed E-state index contributed by atoms with van der Waals surface area (Å²) < 4.78 is 0. The first kappa shape index (κ1) is 12.3. The highest BCUT2D eigenvalue weighted by Crippen LogP contribution is 2.35. The van der Waals surface area contributed by atoms with E-state index < -0.39 is 0 Å². The molecule has 1 aliphatic heterocycles. The lowest BCUT2D eigenvalue weighted by Gasteiger charge is -2.34. The quantitative estimate of drug-likeness (QED) is 0.815. The van der Waals surface area contributed by atoms with Gasteiger partial charge in [0.1, 0.15) is 0 Å². The molecule has 0 bridgehead atoms. The molecule has 1 fully saturated rings. The van der Waals surface area contributed by atoms with Crippen molar-refractivity contribution in [3.63, 3.8) is 0 Å². The summed E-state index contributed by atoms with van der Waals surface area (Å²) in [5, 5.41) is 4.72. The van der Waals surface area contributed by atoms with E-state index in [-0.39, 0.29) is 0 Å². The van der Waals surface area contributed by atoms with E-state index in [0.717, 1.165) is 19.0 Å². The van der Waals surface area contributed by atoms with Crippen molar-refractivity contribution < 1.29 is 0 Å². The Morgan fingerprint density at radius 1 is 1.38 bits per heavy atom. The van der Waals surface area contributed by atoms with Crippen molar-refractivity contribution in [3.05, 3.63) is 0 Å².